The Morgan fingerprint density at radius 3 is 1.60 bits per heavy atom. The molecule has 0 spiro atoms. The average Bonchev–Trinajstić information content (AvgIpc) is 3.86. The van der Waals surface area contributed by atoms with Crippen LogP contribution in [0.5, 0.6) is 11.5 Å². The Morgan fingerprint density at radius 1 is 0.753 bits per heavy atom. The summed E-state index contributed by atoms with van der Waals surface area (Å²) in [5, 5.41) is 6.52. The van der Waals surface area contributed by atoms with Crippen LogP contribution in [0.3, 0.4) is 0 Å². The third-order valence-electron chi connectivity index (χ3n) is 13.4. The molecule has 0 saturated heterocycles. The zero-order valence-electron chi connectivity index (χ0n) is 42.3. The number of ketones is 1. The number of ether oxygens (including phenoxy) is 2. The van der Waals surface area contributed by atoms with Crippen LogP contribution >= 0.6 is 17.5 Å². The van der Waals surface area contributed by atoms with Crippen LogP contribution in [0.2, 0.25) is 0 Å². The Hall–Kier alpha value is -5.04. The van der Waals surface area contributed by atoms with Gasteiger partial charge in [-0.3, -0.25) is 13.9 Å². The van der Waals surface area contributed by atoms with Gasteiger partial charge in [-0.15, -0.1) is 11.3 Å². The summed E-state index contributed by atoms with van der Waals surface area (Å²) in [6.45, 7) is 15.6. The van der Waals surface area contributed by atoms with Gasteiger partial charge < -0.3 is 20.1 Å². The topological polar surface area (TPSA) is 193 Å². The van der Waals surface area contributed by atoms with Crippen LogP contribution in [0.1, 0.15) is 80.2 Å². The van der Waals surface area contributed by atoms with E-state index >= 15 is 0 Å². The summed E-state index contributed by atoms with van der Waals surface area (Å²) in [4.78, 5) is 23.6. The summed E-state index contributed by atoms with van der Waals surface area (Å²) in [6.07, 6.45) is 11.5. The molecule has 2 heterocycles. The first-order valence-electron chi connectivity index (χ1n) is 23.6. The van der Waals surface area contributed by atoms with Crippen molar-refractivity contribution in [3.63, 3.8) is 0 Å². The molecule has 0 amide bonds. The van der Waals surface area contributed by atoms with E-state index in [0.717, 1.165) is 69.8 Å². The molecule has 0 radical (unpaired) electrons. The number of allylic oxidation sites excluding steroid dienone is 4. The van der Waals surface area contributed by atoms with Gasteiger partial charge in [0.25, 0.3) is 20.2 Å². The number of fused-ring (bicyclic) bond motifs is 3. The molecule has 13 nitrogen and oxygen atoms in total. The van der Waals surface area contributed by atoms with Gasteiger partial charge in [0, 0.05) is 40.3 Å². The monoisotopic (exact) mass is 1100 g/mol. The van der Waals surface area contributed by atoms with E-state index in [9.17, 15) is 21.6 Å². The number of aryl methyl sites for hydroxylation is 3. The van der Waals surface area contributed by atoms with Crippen LogP contribution < -0.4 is 20.1 Å². The Labute approximate surface area is 446 Å². The number of nitrogens with zero attached hydrogens (tertiary/aromatic N) is 2. The number of Topliss-reactive ketones (excluding diaryl/α,β-unsaturated/α-hetero) is 1. The number of carbonyl (C=O) groups excluding carboxylic acids is 1. The van der Waals surface area contributed by atoms with E-state index in [0.29, 0.717) is 38.1 Å². The quantitative estimate of drug-likeness (QED) is 0.0587. The van der Waals surface area contributed by atoms with Crippen molar-refractivity contribution in [2.45, 2.75) is 85.0 Å². The van der Waals surface area contributed by atoms with Crippen molar-refractivity contribution in [3.05, 3.63) is 142 Å². The summed E-state index contributed by atoms with van der Waals surface area (Å²) in [6, 6.07) is 30.8. The second-order valence-corrected chi connectivity index (χ2v) is 24.7. The van der Waals surface area contributed by atoms with E-state index in [2.05, 4.69) is 86.0 Å². The Kier molecular flexibility index (Phi) is 21.3. The van der Waals surface area contributed by atoms with Crippen LogP contribution in [-0.2, 0) is 48.6 Å². The second-order valence-electron chi connectivity index (χ2n) is 18.5. The molecule has 5 aromatic rings. The van der Waals surface area contributed by atoms with Crippen LogP contribution in [0.4, 0.5) is 28.4 Å². The summed E-state index contributed by atoms with van der Waals surface area (Å²) < 4.78 is 72.1. The molecule has 1 aromatic heterocycles. The maximum atomic E-state index is 11.9. The Balaban J connectivity index is 0.000000193. The molecule has 3 aliphatic carbocycles. The standard InChI is InChI=1S/C26H24N4.C10H16O4S.C10H14O3S.C8H10O2S.PS2/c1-19-3-5-21(6-4-19)28-23-11-13-25(14-12-23)30-26-17-15-24(16-18-26)29-22-9-7-20(27-2)8-10-22;1-9(2)7-3-4-10(9,8(11)5-7)6-15(12,13)14;1-3-8(2)9-4-6-10(7-5-9)14(11,12)13;1-5-7-8(6(2)11-5)10-4-3-9-7;2-1-3/h3-18,27,29H,1-2H3;7H,3-6H2,1-2H3,(H,12,13,14);4-8H,3H2,1-2H3,(H,11,12,13);3-4H2,1-2H3;/q;;;;+1. The van der Waals surface area contributed by atoms with Crippen LogP contribution in [0.15, 0.2) is 136 Å². The molecule has 2 fully saturated rings. The molecule has 73 heavy (non-hydrogen) atoms. The predicted molar refractivity (Wildman–Crippen MR) is 306 cm³/mol. The van der Waals surface area contributed by atoms with E-state index < -0.39 is 31.4 Å². The molecule has 3 unspecified atom stereocenters. The Morgan fingerprint density at radius 2 is 1.21 bits per heavy atom. The summed E-state index contributed by atoms with van der Waals surface area (Å²) in [5.41, 5.74) is 8.05. The van der Waals surface area contributed by atoms with Gasteiger partial charge in [0.15, 0.2) is 11.5 Å². The van der Waals surface area contributed by atoms with Crippen molar-refractivity contribution in [1.82, 2.24) is 0 Å². The Bertz CT molecular complexity index is 3030. The minimum atomic E-state index is -4.08. The number of rotatable bonds is 10. The second kappa shape index (κ2) is 26.4. The SMILES string of the molecule is CC1(C)C2CCC1(CS(=O)(=O)O)C(=O)C2.CCC(C)c1ccc(S(=O)(=O)O)cc1.CNc1ccc(Nc2ccc(N=C3C=CC(=Nc4ccc(C)cc4)C=C3)cc2)cc1.Cc1sc(C)c2c1OCCO2.S=[P+]=S. The fraction of sp³-hybridized carbons (Fsp3) is 0.352. The van der Waals surface area contributed by atoms with Crippen LogP contribution in [0, 0.1) is 37.5 Å². The number of nitrogens with one attached hydrogen (secondary N) is 2. The van der Waals surface area contributed by atoms with Crippen LogP contribution in [0.25, 0.3) is 0 Å². The summed E-state index contributed by atoms with van der Waals surface area (Å²) >= 11 is 10.1. The molecule has 2 saturated carbocycles. The summed E-state index contributed by atoms with van der Waals surface area (Å²) in [7, 11) is -6.21. The zero-order chi connectivity index (χ0) is 53.6. The van der Waals surface area contributed by atoms with Crippen molar-refractivity contribution in [1.29, 1.82) is 0 Å². The van der Waals surface area contributed by atoms with Gasteiger partial charge in [-0.05, 0) is 160 Å². The number of anilines is 3. The maximum absolute atomic E-state index is 11.9. The number of hydrogen-bond donors (Lipinski definition) is 4. The predicted octanol–water partition coefficient (Wildman–Crippen LogP) is 13.5. The molecular formula is C54H64N4O9PS5+. The average molecular weight is 1100 g/mol. The van der Waals surface area contributed by atoms with E-state index in [1.54, 1.807) is 23.5 Å². The minimum absolute atomic E-state index is 0.0152. The summed E-state index contributed by atoms with van der Waals surface area (Å²) in [5.74, 6) is 2.22. The van der Waals surface area contributed by atoms with Gasteiger partial charge in [-0.25, -0.2) is 9.98 Å². The third-order valence-corrected chi connectivity index (χ3v) is 16.1. The normalized spacial score (nSPS) is 18.2. The zero-order valence-corrected chi connectivity index (χ0v) is 47.3. The van der Waals surface area contributed by atoms with E-state index in [1.807, 2.05) is 106 Å². The van der Waals surface area contributed by atoms with Gasteiger partial charge in [-0.2, -0.15) is 16.8 Å². The first kappa shape index (κ1) is 58.8. The van der Waals surface area contributed by atoms with E-state index in [4.69, 9.17) is 23.6 Å². The molecule has 19 heteroatoms. The van der Waals surface area contributed by atoms with Crippen molar-refractivity contribution in [2.75, 3.05) is 36.6 Å². The molecular weight excluding hydrogens is 1040 g/mol. The fourth-order valence-corrected chi connectivity index (χ4v) is 11.6. The first-order chi connectivity index (χ1) is 34.5. The molecule has 388 valence electrons. The molecule has 4 N–H and O–H groups in total. The van der Waals surface area contributed by atoms with Crippen molar-refractivity contribution >= 4 is 107 Å². The van der Waals surface area contributed by atoms with Gasteiger partial charge in [0.1, 0.15) is 19.0 Å². The van der Waals surface area contributed by atoms with Gasteiger partial charge >= 0.3 is 29.7 Å². The van der Waals surface area contributed by atoms with E-state index in [1.165, 1.54) is 27.5 Å². The van der Waals surface area contributed by atoms with Crippen molar-refractivity contribution < 1.29 is 40.2 Å². The number of aliphatic imine (C=N–C) groups is 2. The number of hydrogen-bond acceptors (Lipinski definition) is 14. The van der Waals surface area contributed by atoms with Crippen LogP contribution in [-0.4, -0.2) is 69.2 Å². The van der Waals surface area contributed by atoms with Gasteiger partial charge in [-0.1, -0.05) is 57.5 Å². The number of carbonyl (C=O) groups is 1. The van der Waals surface area contributed by atoms with Gasteiger partial charge in [0.2, 0.25) is 0 Å². The molecule has 4 aliphatic rings. The molecule has 1 aliphatic heterocycles. The molecule has 3 atom stereocenters. The molecule has 2 bridgehead atoms. The van der Waals surface area contributed by atoms with Gasteiger partial charge in [0.05, 0.1) is 38.9 Å². The fourth-order valence-electron chi connectivity index (χ4n) is 8.91. The third kappa shape index (κ3) is 16.5. The van der Waals surface area contributed by atoms with E-state index in [-0.39, 0.29) is 22.0 Å². The first-order valence-corrected chi connectivity index (χ1v) is 30.4. The number of thiophene rings is 1. The number of benzene rings is 4. The van der Waals surface area contributed by atoms with Crippen molar-refractivity contribution in [3.8, 4) is 11.5 Å². The van der Waals surface area contributed by atoms with Crippen molar-refractivity contribution in [2.24, 2.45) is 26.7 Å². The molecule has 9 rings (SSSR count). The molecule has 4 aromatic carbocycles.